The first-order valence-electron chi connectivity index (χ1n) is 7.91. The van der Waals surface area contributed by atoms with Gasteiger partial charge in [0.1, 0.15) is 0 Å². The van der Waals surface area contributed by atoms with Gasteiger partial charge >= 0.3 is 0 Å². The predicted octanol–water partition coefficient (Wildman–Crippen LogP) is 1.27. The van der Waals surface area contributed by atoms with Gasteiger partial charge in [-0.25, -0.2) is 0 Å². The Labute approximate surface area is 135 Å². The first-order chi connectivity index (χ1) is 11.2. The summed E-state index contributed by atoms with van der Waals surface area (Å²) in [4.78, 5) is 22.5. The summed E-state index contributed by atoms with van der Waals surface area (Å²) in [6.45, 7) is 1.98. The maximum atomic E-state index is 11.9. The van der Waals surface area contributed by atoms with Crippen molar-refractivity contribution in [2.24, 2.45) is 0 Å². The molecule has 1 amide bonds. The van der Waals surface area contributed by atoms with E-state index >= 15 is 0 Å². The van der Waals surface area contributed by atoms with Crippen molar-refractivity contribution < 1.29 is 9.32 Å². The number of nitrogens with zero attached hydrogens (tertiary/aromatic N) is 4. The number of amides is 1. The Morgan fingerprint density at radius 3 is 3.17 bits per heavy atom. The number of aryl methyl sites for hydroxylation is 1. The molecule has 0 aliphatic carbocycles. The van der Waals surface area contributed by atoms with Crippen molar-refractivity contribution in [2.45, 2.75) is 31.7 Å². The quantitative estimate of drug-likeness (QED) is 0.864. The summed E-state index contributed by atoms with van der Waals surface area (Å²) in [5, 5.41) is 7.01. The number of carbonyl (C=O) groups is 1. The lowest BCUT2D eigenvalue weighted by Gasteiger charge is -2.12. The van der Waals surface area contributed by atoms with Crippen LogP contribution in [0.5, 0.6) is 0 Å². The first-order valence-corrected chi connectivity index (χ1v) is 7.91. The van der Waals surface area contributed by atoms with Crippen LogP contribution in [0.3, 0.4) is 0 Å². The lowest BCUT2D eigenvalue weighted by molar-refractivity contribution is -0.121. The summed E-state index contributed by atoms with van der Waals surface area (Å²) < 4.78 is 5.22. The van der Waals surface area contributed by atoms with E-state index in [0.717, 1.165) is 25.1 Å². The number of rotatable bonds is 6. The van der Waals surface area contributed by atoms with E-state index in [1.165, 1.54) is 0 Å². The molecule has 0 spiro atoms. The predicted molar refractivity (Wildman–Crippen MR) is 84.5 cm³/mol. The number of pyridine rings is 1. The van der Waals surface area contributed by atoms with Gasteiger partial charge in [0.15, 0.2) is 0 Å². The second-order valence-electron chi connectivity index (χ2n) is 5.92. The Morgan fingerprint density at radius 1 is 1.52 bits per heavy atom. The van der Waals surface area contributed by atoms with Gasteiger partial charge in [0.2, 0.25) is 17.6 Å². The molecule has 1 atom stereocenters. The number of hydrogen-bond donors (Lipinski definition) is 1. The van der Waals surface area contributed by atoms with Crippen molar-refractivity contribution in [3.63, 3.8) is 0 Å². The number of carbonyl (C=O) groups excluding carboxylic acids is 1. The normalized spacial score (nSPS) is 18.2. The summed E-state index contributed by atoms with van der Waals surface area (Å²) in [6.07, 6.45) is 6.20. The molecule has 122 valence electrons. The number of likely N-dealkylation sites (tertiary alicyclic amines) is 1. The molecule has 1 saturated heterocycles. The van der Waals surface area contributed by atoms with E-state index in [4.69, 9.17) is 4.52 Å². The van der Waals surface area contributed by atoms with Crippen LogP contribution < -0.4 is 5.32 Å². The van der Waals surface area contributed by atoms with Crippen molar-refractivity contribution in [1.82, 2.24) is 25.3 Å². The molecule has 1 aliphatic heterocycles. The Bertz CT molecular complexity index is 643. The molecule has 3 rings (SSSR count). The summed E-state index contributed by atoms with van der Waals surface area (Å²) in [7, 11) is 2.07. The van der Waals surface area contributed by atoms with E-state index < -0.39 is 0 Å². The fraction of sp³-hybridized carbons (Fsp3) is 0.500. The summed E-state index contributed by atoms with van der Waals surface area (Å²) in [6, 6.07) is 4.00. The molecule has 23 heavy (non-hydrogen) atoms. The molecular formula is C16H21N5O2. The molecule has 2 aromatic heterocycles. The molecule has 1 fully saturated rings. The van der Waals surface area contributed by atoms with Crippen LogP contribution in [0.4, 0.5) is 0 Å². The molecular weight excluding hydrogens is 294 g/mol. The number of likely N-dealkylation sites (N-methyl/N-ethyl adjacent to an activating group) is 1. The van der Waals surface area contributed by atoms with E-state index in [9.17, 15) is 4.79 Å². The smallest absolute Gasteiger partial charge is 0.226 e. The van der Waals surface area contributed by atoms with Crippen LogP contribution in [-0.2, 0) is 11.2 Å². The van der Waals surface area contributed by atoms with Crippen LogP contribution in [-0.4, -0.2) is 52.1 Å². The average Bonchev–Trinajstić information content (AvgIpc) is 3.17. The summed E-state index contributed by atoms with van der Waals surface area (Å²) in [5.41, 5.74) is 0.825. The fourth-order valence-corrected chi connectivity index (χ4v) is 2.72. The van der Waals surface area contributed by atoms with Crippen LogP contribution in [0.2, 0.25) is 0 Å². The Balaban J connectivity index is 1.42. The molecule has 2 aromatic rings. The third-order valence-corrected chi connectivity index (χ3v) is 3.94. The van der Waals surface area contributed by atoms with Crippen LogP contribution in [0.1, 0.15) is 25.2 Å². The van der Waals surface area contributed by atoms with E-state index in [0.29, 0.717) is 31.0 Å². The van der Waals surface area contributed by atoms with Gasteiger partial charge in [-0.3, -0.25) is 9.78 Å². The maximum Gasteiger partial charge on any atom is 0.226 e. The maximum absolute atomic E-state index is 11.9. The monoisotopic (exact) mass is 315 g/mol. The van der Waals surface area contributed by atoms with Gasteiger partial charge in [-0.05, 0) is 38.6 Å². The van der Waals surface area contributed by atoms with E-state index in [1.807, 2.05) is 12.1 Å². The number of aromatic nitrogens is 3. The Kier molecular flexibility index (Phi) is 4.97. The molecule has 1 N–H and O–H groups in total. The zero-order chi connectivity index (χ0) is 16.1. The van der Waals surface area contributed by atoms with Crippen LogP contribution >= 0.6 is 0 Å². The highest BCUT2D eigenvalue weighted by atomic mass is 16.5. The van der Waals surface area contributed by atoms with Crippen molar-refractivity contribution in [3.05, 3.63) is 30.4 Å². The molecule has 3 heterocycles. The molecule has 0 bridgehead atoms. The van der Waals surface area contributed by atoms with Crippen molar-refractivity contribution in [3.8, 4) is 11.4 Å². The van der Waals surface area contributed by atoms with Crippen molar-refractivity contribution >= 4 is 5.91 Å². The average molecular weight is 315 g/mol. The molecule has 7 heteroatoms. The molecule has 0 saturated carbocycles. The minimum Gasteiger partial charge on any atom is -0.352 e. The number of hydrogen-bond acceptors (Lipinski definition) is 6. The lowest BCUT2D eigenvalue weighted by atomic mass is 10.2. The van der Waals surface area contributed by atoms with E-state index in [2.05, 4.69) is 32.4 Å². The van der Waals surface area contributed by atoms with Crippen LogP contribution in [0, 0.1) is 0 Å². The fourth-order valence-electron chi connectivity index (χ4n) is 2.72. The van der Waals surface area contributed by atoms with Gasteiger partial charge in [0.25, 0.3) is 0 Å². The SMILES string of the molecule is CN1CCC(NC(=O)CCCc2nc(-c3cccnc3)no2)C1. The standard InChI is InChI=1S/C16H21N5O2/c1-21-9-7-13(11-21)18-14(22)5-2-6-15-19-16(20-23-15)12-4-3-8-17-10-12/h3-4,8,10,13H,2,5-7,9,11H2,1H3,(H,18,22). The van der Waals surface area contributed by atoms with Gasteiger partial charge in [0, 0.05) is 43.4 Å². The molecule has 1 aliphatic rings. The molecule has 7 nitrogen and oxygen atoms in total. The zero-order valence-electron chi connectivity index (χ0n) is 13.2. The topological polar surface area (TPSA) is 84.2 Å². The Morgan fingerprint density at radius 2 is 2.43 bits per heavy atom. The first kappa shape index (κ1) is 15.6. The van der Waals surface area contributed by atoms with Gasteiger partial charge in [0.05, 0.1) is 0 Å². The molecule has 1 unspecified atom stereocenters. The zero-order valence-corrected chi connectivity index (χ0v) is 13.2. The van der Waals surface area contributed by atoms with Crippen LogP contribution in [0.15, 0.2) is 29.0 Å². The highest BCUT2D eigenvalue weighted by molar-refractivity contribution is 5.76. The minimum absolute atomic E-state index is 0.0947. The minimum atomic E-state index is 0.0947. The second-order valence-corrected chi connectivity index (χ2v) is 5.92. The van der Waals surface area contributed by atoms with Gasteiger partial charge in [-0.1, -0.05) is 5.16 Å². The summed E-state index contributed by atoms with van der Waals surface area (Å²) >= 11 is 0. The Hall–Kier alpha value is -2.28. The summed E-state index contributed by atoms with van der Waals surface area (Å²) in [5.74, 6) is 1.18. The highest BCUT2D eigenvalue weighted by Gasteiger charge is 2.20. The van der Waals surface area contributed by atoms with E-state index in [-0.39, 0.29) is 11.9 Å². The highest BCUT2D eigenvalue weighted by Crippen LogP contribution is 2.14. The van der Waals surface area contributed by atoms with E-state index in [1.54, 1.807) is 12.4 Å². The van der Waals surface area contributed by atoms with Crippen molar-refractivity contribution in [1.29, 1.82) is 0 Å². The number of nitrogens with one attached hydrogen (secondary N) is 1. The van der Waals surface area contributed by atoms with Gasteiger partial charge in [-0.2, -0.15) is 4.98 Å². The second kappa shape index (κ2) is 7.32. The lowest BCUT2D eigenvalue weighted by Crippen LogP contribution is -2.36. The largest absolute Gasteiger partial charge is 0.352 e. The third-order valence-electron chi connectivity index (χ3n) is 3.94. The van der Waals surface area contributed by atoms with Gasteiger partial charge in [-0.15, -0.1) is 0 Å². The third kappa shape index (κ3) is 4.35. The van der Waals surface area contributed by atoms with Gasteiger partial charge < -0.3 is 14.7 Å². The molecule has 0 aromatic carbocycles. The van der Waals surface area contributed by atoms with Crippen LogP contribution in [0.25, 0.3) is 11.4 Å². The molecule has 0 radical (unpaired) electrons. The van der Waals surface area contributed by atoms with Crippen molar-refractivity contribution in [2.75, 3.05) is 20.1 Å².